The highest BCUT2D eigenvalue weighted by atomic mass is 35.5. The molecule has 2 aromatic heterocycles. The van der Waals surface area contributed by atoms with Crippen LogP contribution >= 0.6 is 11.6 Å². The van der Waals surface area contributed by atoms with Gasteiger partial charge in [-0.1, -0.05) is 23.7 Å². The number of benzene rings is 1. The number of anilines is 3. The van der Waals surface area contributed by atoms with Gasteiger partial charge in [-0.25, -0.2) is 23.4 Å². The third kappa shape index (κ3) is 4.47. The first-order chi connectivity index (χ1) is 14.0. The average Bonchev–Trinajstić information content (AvgIpc) is 2.75. The summed E-state index contributed by atoms with van der Waals surface area (Å²) in [6.07, 6.45) is 3.18. The third-order valence-electron chi connectivity index (χ3n) is 4.57. The van der Waals surface area contributed by atoms with Crippen molar-refractivity contribution in [3.8, 4) is 0 Å². The molecule has 0 amide bonds. The van der Waals surface area contributed by atoms with E-state index in [0.717, 1.165) is 5.82 Å². The monoisotopic (exact) mass is 430 g/mol. The first kappa shape index (κ1) is 19.6. The van der Waals surface area contributed by atoms with Crippen LogP contribution < -0.4 is 10.2 Å². The zero-order valence-electron chi connectivity index (χ0n) is 15.4. The van der Waals surface area contributed by atoms with Crippen LogP contribution in [0.15, 0.2) is 66.0 Å². The van der Waals surface area contributed by atoms with Gasteiger partial charge in [0.15, 0.2) is 0 Å². The molecule has 29 heavy (non-hydrogen) atoms. The number of hydrogen-bond acceptors (Lipinski definition) is 7. The molecule has 10 heteroatoms. The Labute approximate surface area is 174 Å². The van der Waals surface area contributed by atoms with Gasteiger partial charge in [0, 0.05) is 43.5 Å². The molecular weight excluding hydrogens is 412 g/mol. The molecule has 0 atom stereocenters. The van der Waals surface area contributed by atoms with E-state index in [1.807, 2.05) is 29.2 Å². The lowest BCUT2D eigenvalue weighted by molar-refractivity contribution is 0.384. The number of rotatable bonds is 5. The van der Waals surface area contributed by atoms with E-state index in [2.05, 4.69) is 20.3 Å². The Morgan fingerprint density at radius 1 is 0.897 bits per heavy atom. The molecule has 1 saturated heterocycles. The molecular formula is C19H19ClN6O2S. The number of nitrogens with one attached hydrogen (secondary N) is 1. The molecule has 4 rings (SSSR count). The summed E-state index contributed by atoms with van der Waals surface area (Å²) < 4.78 is 27.2. The highest BCUT2D eigenvalue weighted by molar-refractivity contribution is 7.89. The standard InChI is InChI=1S/C19H19ClN6O2S/c20-15-4-3-5-16(12-15)29(27,28)26-10-8-25(9-11-26)19-13-18(22-14-23-19)24-17-6-1-2-7-21-17/h1-7,12-14H,8-11H2,(H,21,22,23,24). The Kier molecular flexibility index (Phi) is 5.61. The fourth-order valence-electron chi connectivity index (χ4n) is 3.09. The molecule has 0 saturated carbocycles. The van der Waals surface area contributed by atoms with Crippen LogP contribution in [0.25, 0.3) is 0 Å². The molecule has 3 heterocycles. The lowest BCUT2D eigenvalue weighted by Crippen LogP contribution is -2.48. The molecule has 150 valence electrons. The van der Waals surface area contributed by atoms with E-state index in [1.54, 1.807) is 24.4 Å². The minimum atomic E-state index is -3.57. The summed E-state index contributed by atoms with van der Waals surface area (Å²) in [7, 11) is -3.57. The zero-order valence-corrected chi connectivity index (χ0v) is 17.0. The van der Waals surface area contributed by atoms with Gasteiger partial charge in [0.25, 0.3) is 0 Å². The van der Waals surface area contributed by atoms with Crippen LogP contribution in [0.5, 0.6) is 0 Å². The van der Waals surface area contributed by atoms with Crippen molar-refractivity contribution in [1.29, 1.82) is 0 Å². The number of aromatic nitrogens is 3. The van der Waals surface area contributed by atoms with Crippen LogP contribution in [0.1, 0.15) is 0 Å². The lowest BCUT2D eigenvalue weighted by atomic mass is 10.3. The van der Waals surface area contributed by atoms with Crippen LogP contribution in [-0.4, -0.2) is 53.9 Å². The number of sulfonamides is 1. The van der Waals surface area contributed by atoms with Crippen molar-refractivity contribution in [2.45, 2.75) is 4.90 Å². The van der Waals surface area contributed by atoms with E-state index < -0.39 is 10.0 Å². The fraction of sp³-hybridized carbons (Fsp3) is 0.211. The summed E-state index contributed by atoms with van der Waals surface area (Å²) in [5.41, 5.74) is 0. The molecule has 1 N–H and O–H groups in total. The van der Waals surface area contributed by atoms with Gasteiger partial charge in [-0.2, -0.15) is 4.31 Å². The first-order valence-electron chi connectivity index (χ1n) is 9.03. The van der Waals surface area contributed by atoms with Crippen LogP contribution in [0, 0.1) is 0 Å². The van der Waals surface area contributed by atoms with Gasteiger partial charge in [-0.05, 0) is 30.3 Å². The van der Waals surface area contributed by atoms with E-state index in [-0.39, 0.29) is 4.90 Å². The van der Waals surface area contributed by atoms with Crippen molar-refractivity contribution in [2.75, 3.05) is 36.4 Å². The lowest BCUT2D eigenvalue weighted by Gasteiger charge is -2.34. The number of halogens is 1. The summed E-state index contributed by atoms with van der Waals surface area (Å²) in [6, 6.07) is 13.7. The molecule has 0 radical (unpaired) electrons. The summed E-state index contributed by atoms with van der Waals surface area (Å²) in [4.78, 5) is 15.0. The van der Waals surface area contributed by atoms with Crippen LogP contribution in [0.3, 0.4) is 0 Å². The molecule has 8 nitrogen and oxygen atoms in total. The second kappa shape index (κ2) is 8.32. The van der Waals surface area contributed by atoms with Gasteiger partial charge in [-0.15, -0.1) is 0 Å². The highest BCUT2D eigenvalue weighted by Gasteiger charge is 2.29. The second-order valence-corrected chi connectivity index (χ2v) is 8.82. The van der Waals surface area contributed by atoms with E-state index in [0.29, 0.717) is 42.8 Å². The zero-order chi connectivity index (χ0) is 20.3. The third-order valence-corrected chi connectivity index (χ3v) is 6.70. The predicted molar refractivity (Wildman–Crippen MR) is 112 cm³/mol. The molecule has 1 aliphatic rings. The molecule has 0 aliphatic carbocycles. The topological polar surface area (TPSA) is 91.3 Å². The predicted octanol–water partition coefficient (Wildman–Crippen LogP) is 2.78. The summed E-state index contributed by atoms with van der Waals surface area (Å²) in [6.45, 7) is 1.78. The normalized spacial score (nSPS) is 15.3. The average molecular weight is 431 g/mol. The van der Waals surface area contributed by atoms with Gasteiger partial charge in [-0.3, -0.25) is 0 Å². The molecule has 0 bridgehead atoms. The van der Waals surface area contributed by atoms with Gasteiger partial charge in [0.05, 0.1) is 4.90 Å². The van der Waals surface area contributed by atoms with Gasteiger partial charge in [0.2, 0.25) is 10.0 Å². The summed E-state index contributed by atoms with van der Waals surface area (Å²) >= 11 is 5.95. The van der Waals surface area contributed by atoms with Crippen molar-refractivity contribution in [3.63, 3.8) is 0 Å². The molecule has 0 spiro atoms. The van der Waals surface area contributed by atoms with Crippen molar-refractivity contribution in [3.05, 3.63) is 66.1 Å². The minimum Gasteiger partial charge on any atom is -0.354 e. The smallest absolute Gasteiger partial charge is 0.243 e. The largest absolute Gasteiger partial charge is 0.354 e. The van der Waals surface area contributed by atoms with E-state index in [4.69, 9.17) is 11.6 Å². The van der Waals surface area contributed by atoms with Crippen LogP contribution in [0.4, 0.5) is 17.5 Å². The molecule has 1 aromatic carbocycles. The number of piperazine rings is 1. The Hall–Kier alpha value is -2.75. The Bertz CT molecular complexity index is 1090. The van der Waals surface area contributed by atoms with E-state index in [1.165, 1.54) is 16.7 Å². The number of nitrogens with zero attached hydrogens (tertiary/aromatic N) is 5. The van der Waals surface area contributed by atoms with Crippen molar-refractivity contribution >= 4 is 39.1 Å². The van der Waals surface area contributed by atoms with Gasteiger partial charge >= 0.3 is 0 Å². The number of hydrogen-bond donors (Lipinski definition) is 1. The Morgan fingerprint density at radius 3 is 2.45 bits per heavy atom. The molecule has 3 aromatic rings. The Morgan fingerprint density at radius 2 is 1.72 bits per heavy atom. The summed E-state index contributed by atoms with van der Waals surface area (Å²) in [5.74, 6) is 2.05. The van der Waals surface area contributed by atoms with Crippen molar-refractivity contribution in [1.82, 2.24) is 19.3 Å². The highest BCUT2D eigenvalue weighted by Crippen LogP contribution is 2.23. The van der Waals surface area contributed by atoms with Crippen LogP contribution in [-0.2, 0) is 10.0 Å². The SMILES string of the molecule is O=S(=O)(c1cccc(Cl)c1)N1CCN(c2cc(Nc3ccccn3)ncn2)CC1. The van der Waals surface area contributed by atoms with Gasteiger partial charge < -0.3 is 10.2 Å². The van der Waals surface area contributed by atoms with Crippen LogP contribution in [0.2, 0.25) is 5.02 Å². The van der Waals surface area contributed by atoms with Crippen molar-refractivity contribution < 1.29 is 8.42 Å². The fourth-order valence-corrected chi connectivity index (χ4v) is 4.81. The van der Waals surface area contributed by atoms with Crippen molar-refractivity contribution in [2.24, 2.45) is 0 Å². The minimum absolute atomic E-state index is 0.210. The first-order valence-corrected chi connectivity index (χ1v) is 10.8. The summed E-state index contributed by atoms with van der Waals surface area (Å²) in [5, 5.41) is 3.54. The van der Waals surface area contributed by atoms with Gasteiger partial charge in [0.1, 0.15) is 23.8 Å². The molecule has 1 aliphatic heterocycles. The maximum Gasteiger partial charge on any atom is 0.243 e. The maximum absolute atomic E-state index is 12.8. The molecule has 1 fully saturated rings. The van der Waals surface area contributed by atoms with E-state index in [9.17, 15) is 8.42 Å². The van der Waals surface area contributed by atoms with E-state index >= 15 is 0 Å². The number of pyridine rings is 1. The maximum atomic E-state index is 12.8. The second-order valence-electron chi connectivity index (χ2n) is 6.45. The Balaban J connectivity index is 1.44. The molecule has 0 unspecified atom stereocenters. The quantitative estimate of drug-likeness (QED) is 0.665.